The van der Waals surface area contributed by atoms with Gasteiger partial charge in [0, 0.05) is 30.5 Å². The van der Waals surface area contributed by atoms with Crippen molar-refractivity contribution in [2.45, 2.75) is 25.6 Å². The van der Waals surface area contributed by atoms with Crippen LogP contribution in [0.25, 0.3) is 11.1 Å². The minimum absolute atomic E-state index is 0.242. The van der Waals surface area contributed by atoms with E-state index < -0.39 is 24.6 Å². The average molecular weight is 493 g/mol. The Morgan fingerprint density at radius 2 is 1.75 bits per heavy atom. The van der Waals surface area contributed by atoms with E-state index in [1.54, 1.807) is 53.4 Å². The summed E-state index contributed by atoms with van der Waals surface area (Å²) in [6, 6.07) is 16.0. The van der Waals surface area contributed by atoms with Crippen molar-refractivity contribution in [2.75, 3.05) is 23.8 Å². The fraction of sp³-hybridized carbons (Fsp3) is 0.222. The molecule has 3 N–H and O–H groups in total. The zero-order chi connectivity index (χ0) is 25.7. The highest BCUT2D eigenvalue weighted by atomic mass is 19.1. The van der Waals surface area contributed by atoms with Crippen molar-refractivity contribution in [1.82, 2.24) is 10.6 Å². The topological polar surface area (TPSA) is 90.5 Å². The molecule has 36 heavy (non-hydrogen) atoms. The Hall–Kier alpha value is -4.27. The zero-order valence-corrected chi connectivity index (χ0v) is 19.7. The first kappa shape index (κ1) is 24.8. The molecule has 0 saturated carbocycles. The van der Waals surface area contributed by atoms with Gasteiger partial charge in [-0.25, -0.2) is 13.6 Å². The van der Waals surface area contributed by atoms with Crippen LogP contribution in [0.3, 0.4) is 0 Å². The van der Waals surface area contributed by atoms with Crippen LogP contribution in [0.2, 0.25) is 0 Å². The first-order valence-corrected chi connectivity index (χ1v) is 11.6. The maximum absolute atomic E-state index is 13.9. The first-order valence-electron chi connectivity index (χ1n) is 11.6. The van der Waals surface area contributed by atoms with E-state index in [4.69, 9.17) is 0 Å². The van der Waals surface area contributed by atoms with Gasteiger partial charge in [-0.05, 0) is 72.0 Å². The number of hydrogen-bond acceptors (Lipinski definition) is 3. The van der Waals surface area contributed by atoms with E-state index in [2.05, 4.69) is 16.0 Å². The van der Waals surface area contributed by atoms with E-state index >= 15 is 0 Å². The summed E-state index contributed by atoms with van der Waals surface area (Å²) in [5, 5.41) is 7.92. The molecular weight excluding hydrogens is 466 g/mol. The highest BCUT2D eigenvalue weighted by Crippen LogP contribution is 2.29. The number of carbonyl (C=O) groups excluding carboxylic acids is 3. The van der Waals surface area contributed by atoms with Gasteiger partial charge < -0.3 is 20.9 Å². The van der Waals surface area contributed by atoms with Crippen molar-refractivity contribution >= 4 is 29.2 Å². The number of carbonyl (C=O) groups is 3. The summed E-state index contributed by atoms with van der Waals surface area (Å²) in [6.07, 6.45) is 1.19. The number of halogens is 2. The molecule has 0 spiro atoms. The number of hydrogen-bond donors (Lipinski definition) is 3. The molecule has 0 radical (unpaired) electrons. The van der Waals surface area contributed by atoms with Crippen LogP contribution in [0.5, 0.6) is 0 Å². The fourth-order valence-electron chi connectivity index (χ4n) is 4.18. The number of alkyl halides is 1. The van der Waals surface area contributed by atoms with Crippen molar-refractivity contribution < 1.29 is 23.2 Å². The third-order valence-corrected chi connectivity index (χ3v) is 6.05. The Bertz CT molecular complexity index is 1260. The summed E-state index contributed by atoms with van der Waals surface area (Å²) < 4.78 is 26.6. The Kier molecular flexibility index (Phi) is 7.58. The molecule has 7 nitrogen and oxygen atoms in total. The van der Waals surface area contributed by atoms with Crippen LogP contribution >= 0.6 is 0 Å². The van der Waals surface area contributed by atoms with Gasteiger partial charge in [-0.1, -0.05) is 24.3 Å². The second-order valence-corrected chi connectivity index (χ2v) is 8.43. The van der Waals surface area contributed by atoms with Gasteiger partial charge in [-0.15, -0.1) is 0 Å². The van der Waals surface area contributed by atoms with Crippen molar-refractivity contribution in [2.24, 2.45) is 0 Å². The maximum atomic E-state index is 13.9. The summed E-state index contributed by atoms with van der Waals surface area (Å²) >= 11 is 0. The van der Waals surface area contributed by atoms with Crippen LogP contribution in [0, 0.1) is 5.82 Å². The number of anilines is 2. The molecule has 1 saturated heterocycles. The lowest BCUT2D eigenvalue weighted by Crippen LogP contribution is -2.53. The molecule has 9 heteroatoms. The maximum Gasteiger partial charge on any atom is 0.319 e. The summed E-state index contributed by atoms with van der Waals surface area (Å²) in [4.78, 5) is 39.4. The molecule has 1 heterocycles. The third kappa shape index (κ3) is 5.51. The quantitative estimate of drug-likeness (QED) is 0.468. The van der Waals surface area contributed by atoms with E-state index in [0.29, 0.717) is 53.0 Å². The minimum atomic E-state index is -0.702. The van der Waals surface area contributed by atoms with Crippen LogP contribution in [0.15, 0.2) is 66.7 Å². The average Bonchev–Trinajstić information content (AvgIpc) is 2.90. The van der Waals surface area contributed by atoms with Crippen molar-refractivity contribution in [3.63, 3.8) is 0 Å². The van der Waals surface area contributed by atoms with Crippen LogP contribution in [0.1, 0.15) is 28.8 Å². The van der Waals surface area contributed by atoms with Gasteiger partial charge in [0.15, 0.2) is 0 Å². The van der Waals surface area contributed by atoms with Crippen molar-refractivity contribution in [3.8, 4) is 11.1 Å². The molecule has 186 valence electrons. The van der Waals surface area contributed by atoms with Crippen LogP contribution in [-0.4, -0.2) is 37.5 Å². The second-order valence-electron chi connectivity index (χ2n) is 8.43. The smallest absolute Gasteiger partial charge is 0.319 e. The number of benzene rings is 3. The molecule has 1 atom stereocenters. The predicted molar refractivity (Wildman–Crippen MR) is 134 cm³/mol. The Morgan fingerprint density at radius 1 is 1.03 bits per heavy atom. The van der Waals surface area contributed by atoms with Crippen LogP contribution < -0.4 is 20.9 Å². The molecule has 1 fully saturated rings. The molecular formula is C27H26F2N4O3. The molecule has 3 aromatic carbocycles. The lowest BCUT2D eigenvalue weighted by molar-refractivity contribution is -0.121. The second kappa shape index (κ2) is 11.0. The molecule has 1 aliphatic rings. The Labute approximate surface area is 207 Å². The van der Waals surface area contributed by atoms with E-state index in [1.807, 2.05) is 0 Å². The van der Waals surface area contributed by atoms with Crippen molar-refractivity contribution in [1.29, 1.82) is 0 Å². The number of nitrogens with zero attached hydrogens (tertiary/aromatic N) is 1. The third-order valence-electron chi connectivity index (χ3n) is 6.05. The monoisotopic (exact) mass is 492 g/mol. The summed E-state index contributed by atoms with van der Waals surface area (Å²) in [5.74, 6) is -1.03. The lowest BCUT2D eigenvalue weighted by Gasteiger charge is -2.32. The van der Waals surface area contributed by atoms with Gasteiger partial charge in [0.1, 0.15) is 18.5 Å². The number of urea groups is 1. The van der Waals surface area contributed by atoms with E-state index in [1.165, 1.54) is 25.2 Å². The van der Waals surface area contributed by atoms with Gasteiger partial charge in [0.05, 0.1) is 0 Å². The largest absolute Gasteiger partial charge is 0.355 e. The van der Waals surface area contributed by atoms with Crippen LogP contribution in [0.4, 0.5) is 25.0 Å². The number of piperidine rings is 1. The van der Waals surface area contributed by atoms with Gasteiger partial charge in [-0.2, -0.15) is 0 Å². The van der Waals surface area contributed by atoms with Crippen molar-refractivity contribution in [3.05, 3.63) is 83.7 Å². The Morgan fingerprint density at radius 3 is 2.42 bits per heavy atom. The minimum Gasteiger partial charge on any atom is -0.355 e. The SMILES string of the molecule is CNC(=O)c1ccc(F)cc1-c1ccc(N2CCCC(NC(=O)Nc3ccc(CF)cc3)C2=O)cc1. The summed E-state index contributed by atoms with van der Waals surface area (Å²) in [6.45, 7) is -0.0938. The Balaban J connectivity index is 1.46. The molecule has 0 aromatic heterocycles. The van der Waals surface area contributed by atoms with Crippen LogP contribution in [-0.2, 0) is 11.5 Å². The van der Waals surface area contributed by atoms with Gasteiger partial charge in [-0.3, -0.25) is 9.59 Å². The van der Waals surface area contributed by atoms with Gasteiger partial charge in [0.2, 0.25) is 5.91 Å². The highest BCUT2D eigenvalue weighted by molar-refractivity contribution is 6.02. The molecule has 3 aromatic rings. The highest BCUT2D eigenvalue weighted by Gasteiger charge is 2.31. The van der Waals surface area contributed by atoms with Gasteiger partial charge in [0.25, 0.3) is 5.91 Å². The summed E-state index contributed by atoms with van der Waals surface area (Å²) in [5.41, 5.74) is 3.06. The molecule has 4 rings (SSSR count). The number of rotatable bonds is 6. The number of amides is 4. The van der Waals surface area contributed by atoms with Gasteiger partial charge >= 0.3 is 6.03 Å². The molecule has 4 amide bonds. The molecule has 1 aliphatic heterocycles. The molecule has 0 aliphatic carbocycles. The fourth-order valence-corrected chi connectivity index (χ4v) is 4.18. The summed E-state index contributed by atoms with van der Waals surface area (Å²) in [7, 11) is 1.51. The van der Waals surface area contributed by atoms with E-state index in [9.17, 15) is 23.2 Å². The van der Waals surface area contributed by atoms with E-state index in [0.717, 1.165) is 0 Å². The molecule has 0 bridgehead atoms. The zero-order valence-electron chi connectivity index (χ0n) is 19.7. The first-order chi connectivity index (χ1) is 17.4. The van der Waals surface area contributed by atoms with E-state index in [-0.39, 0.29) is 11.8 Å². The predicted octanol–water partition coefficient (Wildman–Crippen LogP) is 4.64. The number of nitrogens with one attached hydrogen (secondary N) is 3. The normalized spacial score (nSPS) is 15.4. The lowest BCUT2D eigenvalue weighted by atomic mass is 9.98. The molecule has 1 unspecified atom stereocenters. The standard InChI is InChI=1S/C27H26F2N4O3/c1-30-25(34)22-13-8-19(29)15-23(22)18-6-11-21(12-7-18)33-14-2-3-24(26(33)35)32-27(36)31-20-9-4-17(16-28)5-10-20/h4-13,15,24H,2-3,14,16H2,1H3,(H,30,34)(H2,31,32,36).